The zero-order valence-electron chi connectivity index (χ0n) is 7.39. The van der Waals surface area contributed by atoms with Gasteiger partial charge in [-0.15, -0.1) is 0 Å². The fraction of sp³-hybridized carbons (Fsp3) is 0.857. The van der Waals surface area contributed by atoms with E-state index in [2.05, 4.69) is 0 Å². The van der Waals surface area contributed by atoms with Crippen LogP contribution in [-0.2, 0) is 9.53 Å². The summed E-state index contributed by atoms with van der Waals surface area (Å²) < 4.78 is 5.21. The second kappa shape index (κ2) is 3.74. The maximum atomic E-state index is 11.0. The van der Waals surface area contributed by atoms with E-state index in [1.54, 1.807) is 0 Å². The van der Waals surface area contributed by atoms with Crippen LogP contribution in [0.5, 0.6) is 0 Å². The van der Waals surface area contributed by atoms with E-state index in [1.807, 2.05) is 27.7 Å². The van der Waals surface area contributed by atoms with Crippen molar-refractivity contribution in [2.24, 2.45) is 0 Å². The second-order valence-electron chi connectivity index (χ2n) is 3.69. The summed E-state index contributed by atoms with van der Waals surface area (Å²) >= 11 is 0.872. The van der Waals surface area contributed by atoms with Gasteiger partial charge in [-0.25, -0.2) is 0 Å². The van der Waals surface area contributed by atoms with Crippen LogP contribution in [0.25, 0.3) is 0 Å². The molecule has 0 saturated heterocycles. The normalized spacial score (nSPS) is 14.6. The van der Waals surface area contributed by atoms with Crippen LogP contribution in [-0.4, -0.2) is 39.5 Å². The Labute approximate surface area is 79.7 Å². The molecule has 1 unspecified atom stereocenters. The number of rotatable bonds is 1. The first-order chi connectivity index (χ1) is 4.33. The summed E-state index contributed by atoms with van der Waals surface area (Å²) in [6.45, 7) is 7.54. The van der Waals surface area contributed by atoms with Gasteiger partial charge in [0.15, 0.2) is 0 Å². The third kappa shape index (κ3) is 5.27. The van der Waals surface area contributed by atoms with Gasteiger partial charge in [-0.05, 0) is 0 Å². The molecule has 0 rings (SSSR count). The Kier molecular flexibility index (Phi) is 3.92. The molecule has 0 spiro atoms. The summed E-state index contributed by atoms with van der Waals surface area (Å²) in [5, 5.41) is 0. The first kappa shape index (κ1) is 10.5. The molecule has 0 aromatic rings. The Morgan fingerprint density at radius 2 is 1.90 bits per heavy atom. The fourth-order valence-electron chi connectivity index (χ4n) is 0.420. The van der Waals surface area contributed by atoms with Gasteiger partial charge >= 0.3 is 79.9 Å². The van der Waals surface area contributed by atoms with Crippen LogP contribution < -0.4 is 0 Å². The minimum absolute atomic E-state index is 0.0702. The summed E-state index contributed by atoms with van der Waals surface area (Å²) in [4.78, 5) is 11.0. The van der Waals surface area contributed by atoms with Gasteiger partial charge in [0, 0.05) is 0 Å². The molecule has 0 amide bonds. The van der Waals surface area contributed by atoms with E-state index >= 15 is 0 Å². The topological polar surface area (TPSA) is 26.3 Å². The molecule has 3 heteroatoms. The van der Waals surface area contributed by atoms with Crippen molar-refractivity contribution in [1.29, 1.82) is 0 Å². The molecule has 0 bridgehead atoms. The Bertz CT molecular complexity index is 124. The van der Waals surface area contributed by atoms with Crippen LogP contribution in [0.2, 0.25) is 3.17 Å². The molecular formula is C7H13NaO2. The quantitative estimate of drug-likeness (QED) is 0.418. The van der Waals surface area contributed by atoms with Crippen LogP contribution >= 0.6 is 0 Å². The zero-order chi connectivity index (χ0) is 8.36. The Balaban J connectivity index is 3.81. The standard InChI is InChI=1S/C7H13O2.Na/c1-5-6(8)9-7(2,3)4;/h5H,1-4H3;. The molecule has 0 heterocycles. The van der Waals surface area contributed by atoms with Crippen molar-refractivity contribution in [2.45, 2.75) is 36.5 Å². The van der Waals surface area contributed by atoms with Gasteiger partial charge < -0.3 is 0 Å². The SMILES string of the molecule is C[CH]([Na])C(=O)OC(C)(C)C. The van der Waals surface area contributed by atoms with Crippen LogP contribution in [0, 0.1) is 0 Å². The van der Waals surface area contributed by atoms with Crippen LogP contribution in [0.4, 0.5) is 0 Å². The van der Waals surface area contributed by atoms with Crippen LogP contribution in [0.3, 0.4) is 0 Å². The molecule has 54 valence electrons. The summed E-state index contributed by atoms with van der Waals surface area (Å²) in [5.41, 5.74) is -0.324. The summed E-state index contributed by atoms with van der Waals surface area (Å²) in [7, 11) is 0. The number of hydrogen-bond donors (Lipinski definition) is 0. The number of carbonyl (C=O) groups excluding carboxylic acids is 1. The van der Waals surface area contributed by atoms with Crippen molar-refractivity contribution in [2.75, 3.05) is 0 Å². The van der Waals surface area contributed by atoms with Gasteiger partial charge in [-0.1, -0.05) is 0 Å². The van der Waals surface area contributed by atoms with Crippen molar-refractivity contribution in [1.82, 2.24) is 0 Å². The molecule has 10 heavy (non-hydrogen) atoms. The predicted octanol–water partition coefficient (Wildman–Crippen LogP) is 1.31. The van der Waals surface area contributed by atoms with Crippen molar-refractivity contribution >= 4 is 33.9 Å². The third-order valence-corrected chi connectivity index (χ3v) is 1.35. The molecule has 0 N–H and O–H groups in total. The molecule has 0 aliphatic heterocycles. The molecule has 0 aliphatic carbocycles. The first-order valence-electron chi connectivity index (χ1n) is 3.56. The summed E-state index contributed by atoms with van der Waals surface area (Å²) in [6.07, 6.45) is 0. The molecule has 0 saturated carbocycles. The van der Waals surface area contributed by atoms with Gasteiger partial charge in [0.1, 0.15) is 0 Å². The minimum atomic E-state index is -0.324. The number of ether oxygens (including phenoxy) is 1. The van der Waals surface area contributed by atoms with E-state index in [4.69, 9.17) is 4.74 Å². The Morgan fingerprint density at radius 3 is 2.00 bits per heavy atom. The van der Waals surface area contributed by atoms with Gasteiger partial charge in [-0.2, -0.15) is 0 Å². The molecule has 0 radical (unpaired) electrons. The molecule has 0 aliphatic rings. The average molecular weight is 152 g/mol. The summed E-state index contributed by atoms with van der Waals surface area (Å²) in [5.74, 6) is -0.0702. The van der Waals surface area contributed by atoms with E-state index < -0.39 is 0 Å². The molecule has 1 atom stereocenters. The van der Waals surface area contributed by atoms with Crippen molar-refractivity contribution < 1.29 is 9.53 Å². The second-order valence-corrected chi connectivity index (χ2v) is 5.42. The van der Waals surface area contributed by atoms with Crippen LogP contribution in [0.15, 0.2) is 0 Å². The monoisotopic (exact) mass is 152 g/mol. The van der Waals surface area contributed by atoms with E-state index in [0.717, 1.165) is 27.9 Å². The van der Waals surface area contributed by atoms with Crippen molar-refractivity contribution in [3.63, 3.8) is 0 Å². The van der Waals surface area contributed by atoms with Crippen molar-refractivity contribution in [3.8, 4) is 0 Å². The van der Waals surface area contributed by atoms with Crippen LogP contribution in [0.1, 0.15) is 27.7 Å². The molecular weight excluding hydrogens is 139 g/mol. The molecule has 0 aromatic heterocycles. The number of carbonyl (C=O) groups is 1. The van der Waals surface area contributed by atoms with E-state index in [0.29, 0.717) is 0 Å². The molecule has 0 aromatic carbocycles. The molecule has 0 fully saturated rings. The zero-order valence-corrected chi connectivity index (χ0v) is 9.39. The Hall–Kier alpha value is 0.470. The van der Waals surface area contributed by atoms with E-state index in [1.165, 1.54) is 0 Å². The predicted molar refractivity (Wildman–Crippen MR) is 41.0 cm³/mol. The number of esters is 1. The van der Waals surface area contributed by atoms with Gasteiger partial charge in [0.05, 0.1) is 0 Å². The Morgan fingerprint density at radius 1 is 1.50 bits per heavy atom. The maximum absolute atomic E-state index is 11.0. The van der Waals surface area contributed by atoms with E-state index in [9.17, 15) is 4.79 Å². The number of hydrogen-bond acceptors (Lipinski definition) is 2. The average Bonchev–Trinajstić information content (AvgIpc) is 1.60. The third-order valence-electron chi connectivity index (χ3n) is 0.878. The first-order valence-corrected chi connectivity index (χ1v) is 4.71. The van der Waals surface area contributed by atoms with E-state index in [-0.39, 0.29) is 14.7 Å². The summed E-state index contributed by atoms with van der Waals surface area (Å²) in [6, 6.07) is 0. The molecule has 2 nitrogen and oxygen atoms in total. The van der Waals surface area contributed by atoms with Gasteiger partial charge in [-0.3, -0.25) is 0 Å². The fourth-order valence-corrected chi connectivity index (χ4v) is 0.537. The van der Waals surface area contributed by atoms with Gasteiger partial charge in [0.25, 0.3) is 0 Å². The van der Waals surface area contributed by atoms with Gasteiger partial charge in [0.2, 0.25) is 0 Å². The van der Waals surface area contributed by atoms with Crippen molar-refractivity contribution in [3.05, 3.63) is 0 Å².